The molecule has 0 aliphatic rings. The number of aryl methyl sites for hydroxylation is 1. The Labute approximate surface area is 181 Å². The van der Waals surface area contributed by atoms with E-state index >= 15 is 0 Å². The van der Waals surface area contributed by atoms with E-state index in [2.05, 4.69) is 9.47 Å². The summed E-state index contributed by atoms with van der Waals surface area (Å²) >= 11 is 0. The van der Waals surface area contributed by atoms with Crippen molar-refractivity contribution in [1.82, 2.24) is 0 Å². The van der Waals surface area contributed by atoms with Crippen molar-refractivity contribution in [2.75, 3.05) is 20.5 Å². The van der Waals surface area contributed by atoms with Crippen molar-refractivity contribution >= 4 is 0 Å². The van der Waals surface area contributed by atoms with Crippen LogP contribution in [0, 0.1) is 0 Å². The van der Waals surface area contributed by atoms with Gasteiger partial charge in [0, 0.05) is 19.3 Å². The molecule has 2 rings (SSSR count). The molecule has 0 saturated heterocycles. The van der Waals surface area contributed by atoms with Gasteiger partial charge >= 0.3 is 12.4 Å². The first-order valence-corrected chi connectivity index (χ1v) is 9.77. The molecule has 2 aromatic rings. The standard InChI is InChI=1S/C22H24F6O4/c1-3-4-16-13-17(20(21(23,24)25,22(26,27)28)31-14-30-2)7-10-19(16)32-18-8-5-15(6-9-18)11-12-29/h5-10,13,29H,3-4,11-12,14H2,1-2H3. The predicted octanol–water partition coefficient (Wildman–Crippen LogP) is 5.91. The molecule has 0 amide bonds. The van der Waals surface area contributed by atoms with E-state index in [9.17, 15) is 26.3 Å². The van der Waals surface area contributed by atoms with E-state index < -0.39 is 30.3 Å². The minimum Gasteiger partial charge on any atom is -0.457 e. The maximum atomic E-state index is 13.8. The second-order valence-electron chi connectivity index (χ2n) is 7.02. The van der Waals surface area contributed by atoms with Gasteiger partial charge in [-0.25, -0.2) is 0 Å². The molecule has 4 nitrogen and oxygen atoms in total. The van der Waals surface area contributed by atoms with Gasteiger partial charge in [0.2, 0.25) is 0 Å². The molecule has 0 bridgehead atoms. The summed E-state index contributed by atoms with van der Waals surface area (Å²) in [7, 11) is 0.933. The number of benzene rings is 2. The van der Waals surface area contributed by atoms with Crippen molar-refractivity contribution in [1.29, 1.82) is 0 Å². The first-order valence-electron chi connectivity index (χ1n) is 9.77. The zero-order chi connectivity index (χ0) is 24.0. The highest BCUT2D eigenvalue weighted by Gasteiger charge is 2.73. The van der Waals surface area contributed by atoms with E-state index in [1.165, 1.54) is 0 Å². The van der Waals surface area contributed by atoms with Gasteiger partial charge < -0.3 is 19.3 Å². The van der Waals surface area contributed by atoms with Crippen LogP contribution in [0.2, 0.25) is 0 Å². The molecule has 0 saturated carbocycles. The Morgan fingerprint density at radius 2 is 1.50 bits per heavy atom. The van der Waals surface area contributed by atoms with Crippen molar-refractivity contribution in [3.05, 3.63) is 59.2 Å². The fourth-order valence-electron chi connectivity index (χ4n) is 3.23. The molecule has 0 fully saturated rings. The van der Waals surface area contributed by atoms with Gasteiger partial charge in [-0.05, 0) is 48.2 Å². The zero-order valence-corrected chi connectivity index (χ0v) is 17.5. The molecule has 0 unspecified atom stereocenters. The second kappa shape index (κ2) is 10.5. The maximum absolute atomic E-state index is 13.8. The average Bonchev–Trinajstić information content (AvgIpc) is 2.70. The number of rotatable bonds is 10. The third kappa shape index (κ3) is 5.54. The van der Waals surface area contributed by atoms with Crippen LogP contribution >= 0.6 is 0 Å². The summed E-state index contributed by atoms with van der Waals surface area (Å²) in [5.74, 6) is 0.487. The second-order valence-corrected chi connectivity index (χ2v) is 7.02. The van der Waals surface area contributed by atoms with Crippen LogP contribution in [-0.2, 0) is 27.9 Å². The number of halogens is 6. The van der Waals surface area contributed by atoms with Crippen LogP contribution in [0.5, 0.6) is 11.5 Å². The van der Waals surface area contributed by atoms with Crippen molar-refractivity contribution < 1.29 is 45.7 Å². The molecule has 0 aromatic heterocycles. The summed E-state index contributed by atoms with van der Waals surface area (Å²) in [6.07, 6.45) is -10.5. The van der Waals surface area contributed by atoms with Gasteiger partial charge in [-0.15, -0.1) is 0 Å². The van der Waals surface area contributed by atoms with Gasteiger partial charge in [0.05, 0.1) is 0 Å². The summed E-state index contributed by atoms with van der Waals surface area (Å²) in [5, 5.41) is 8.97. The summed E-state index contributed by atoms with van der Waals surface area (Å²) in [6, 6.07) is 9.20. The molecule has 0 radical (unpaired) electrons. The molecular formula is C22H24F6O4. The Morgan fingerprint density at radius 3 is 2.00 bits per heavy atom. The SMILES string of the molecule is CCCc1cc(C(OCOC)(C(F)(F)F)C(F)(F)F)ccc1Oc1ccc(CCO)cc1. The molecule has 10 heteroatoms. The summed E-state index contributed by atoms with van der Waals surface area (Å²) < 4.78 is 97.1. The molecule has 0 heterocycles. The van der Waals surface area contributed by atoms with E-state index in [1.54, 1.807) is 31.2 Å². The number of aliphatic hydroxyl groups excluding tert-OH is 1. The lowest BCUT2D eigenvalue weighted by Crippen LogP contribution is -2.56. The van der Waals surface area contributed by atoms with Gasteiger partial charge in [0.25, 0.3) is 5.60 Å². The van der Waals surface area contributed by atoms with E-state index in [1.807, 2.05) is 0 Å². The van der Waals surface area contributed by atoms with Gasteiger partial charge in [-0.1, -0.05) is 31.5 Å². The van der Waals surface area contributed by atoms with Crippen LogP contribution in [0.4, 0.5) is 26.3 Å². The number of hydrogen-bond acceptors (Lipinski definition) is 4. The topological polar surface area (TPSA) is 47.9 Å². The van der Waals surface area contributed by atoms with Gasteiger partial charge in [-0.3, -0.25) is 0 Å². The Hall–Kier alpha value is -2.30. The Kier molecular flexibility index (Phi) is 8.55. The Bertz CT molecular complexity index is 848. The lowest BCUT2D eigenvalue weighted by atomic mass is 9.89. The summed E-state index contributed by atoms with van der Waals surface area (Å²) in [5.41, 5.74) is -4.64. The monoisotopic (exact) mass is 466 g/mol. The highest BCUT2D eigenvalue weighted by Crippen LogP contribution is 2.53. The Balaban J connectivity index is 2.53. The summed E-state index contributed by atoms with van der Waals surface area (Å²) in [6.45, 7) is 0.497. The average molecular weight is 466 g/mol. The minimum atomic E-state index is -5.79. The number of ether oxygens (including phenoxy) is 3. The Morgan fingerprint density at radius 1 is 0.875 bits per heavy atom. The van der Waals surface area contributed by atoms with Crippen LogP contribution in [0.25, 0.3) is 0 Å². The molecule has 32 heavy (non-hydrogen) atoms. The normalized spacial score (nSPS) is 12.8. The first-order chi connectivity index (χ1) is 15.0. The number of hydrogen-bond donors (Lipinski definition) is 1. The molecule has 2 aromatic carbocycles. The molecule has 0 spiro atoms. The summed E-state index contributed by atoms with van der Waals surface area (Å²) in [4.78, 5) is 0. The predicted molar refractivity (Wildman–Crippen MR) is 104 cm³/mol. The van der Waals surface area contributed by atoms with E-state index in [0.29, 0.717) is 24.7 Å². The van der Waals surface area contributed by atoms with Crippen LogP contribution in [0.1, 0.15) is 30.0 Å². The van der Waals surface area contributed by atoms with Crippen LogP contribution in [0.3, 0.4) is 0 Å². The number of alkyl halides is 6. The van der Waals surface area contributed by atoms with E-state index in [0.717, 1.165) is 24.8 Å². The van der Waals surface area contributed by atoms with Crippen molar-refractivity contribution in [3.63, 3.8) is 0 Å². The molecule has 0 atom stereocenters. The molecule has 178 valence electrons. The maximum Gasteiger partial charge on any atom is 0.430 e. The van der Waals surface area contributed by atoms with Crippen molar-refractivity contribution in [2.24, 2.45) is 0 Å². The minimum absolute atomic E-state index is 0.0341. The highest BCUT2D eigenvalue weighted by molar-refractivity contribution is 5.44. The largest absolute Gasteiger partial charge is 0.457 e. The quantitative estimate of drug-likeness (QED) is 0.350. The smallest absolute Gasteiger partial charge is 0.430 e. The molecule has 0 aliphatic heterocycles. The van der Waals surface area contributed by atoms with Gasteiger partial charge in [-0.2, -0.15) is 26.3 Å². The van der Waals surface area contributed by atoms with Gasteiger partial charge in [0.1, 0.15) is 18.3 Å². The third-order valence-corrected chi connectivity index (χ3v) is 4.73. The van der Waals surface area contributed by atoms with Gasteiger partial charge in [0.15, 0.2) is 0 Å². The number of methoxy groups -OCH3 is 1. The third-order valence-electron chi connectivity index (χ3n) is 4.73. The van der Waals surface area contributed by atoms with Crippen LogP contribution in [-0.4, -0.2) is 38.0 Å². The van der Waals surface area contributed by atoms with E-state index in [-0.39, 0.29) is 24.3 Å². The van der Waals surface area contributed by atoms with Crippen molar-refractivity contribution in [3.8, 4) is 11.5 Å². The van der Waals surface area contributed by atoms with E-state index in [4.69, 9.17) is 9.84 Å². The fourth-order valence-corrected chi connectivity index (χ4v) is 3.23. The lowest BCUT2D eigenvalue weighted by molar-refractivity contribution is -0.400. The zero-order valence-electron chi connectivity index (χ0n) is 17.5. The van der Waals surface area contributed by atoms with Crippen LogP contribution in [0.15, 0.2) is 42.5 Å². The molecule has 0 aliphatic carbocycles. The van der Waals surface area contributed by atoms with Crippen molar-refractivity contribution in [2.45, 2.75) is 44.1 Å². The lowest BCUT2D eigenvalue weighted by Gasteiger charge is -2.37. The molecular weight excluding hydrogens is 442 g/mol. The number of aliphatic hydroxyl groups is 1. The fraction of sp³-hybridized carbons (Fsp3) is 0.455. The first kappa shape index (κ1) is 26.0. The molecule has 1 N–H and O–H groups in total. The van der Waals surface area contributed by atoms with Crippen LogP contribution < -0.4 is 4.74 Å². The highest BCUT2D eigenvalue weighted by atomic mass is 19.4.